The summed E-state index contributed by atoms with van der Waals surface area (Å²) in [4.78, 5) is 28.9. The largest absolute Gasteiger partial charge is 0.355 e. The molecular weight excluding hydrogens is 541 g/mol. The van der Waals surface area contributed by atoms with E-state index in [9.17, 15) is 18.0 Å². The fourth-order valence-electron chi connectivity index (χ4n) is 4.51. The predicted molar refractivity (Wildman–Crippen MR) is 157 cm³/mol. The fourth-order valence-corrected chi connectivity index (χ4v) is 5.96. The monoisotopic (exact) mass is 573 g/mol. The van der Waals surface area contributed by atoms with Crippen molar-refractivity contribution in [2.45, 2.75) is 30.8 Å². The third-order valence-corrected chi connectivity index (χ3v) is 8.32. The molecule has 7 nitrogen and oxygen atoms in total. The van der Waals surface area contributed by atoms with Gasteiger partial charge in [0.1, 0.15) is 18.4 Å². The topological polar surface area (TPSA) is 86.8 Å². The van der Waals surface area contributed by atoms with Crippen LogP contribution in [0.4, 0.5) is 10.1 Å². The highest BCUT2D eigenvalue weighted by atomic mass is 32.2. The van der Waals surface area contributed by atoms with Crippen LogP contribution in [0.15, 0.2) is 120 Å². The van der Waals surface area contributed by atoms with Crippen LogP contribution in [0.25, 0.3) is 0 Å². The number of carbonyl (C=O) groups is 2. The number of halogens is 1. The third kappa shape index (κ3) is 7.37. The molecule has 4 aromatic carbocycles. The highest BCUT2D eigenvalue weighted by Crippen LogP contribution is 2.27. The van der Waals surface area contributed by atoms with Gasteiger partial charge in [-0.05, 0) is 42.3 Å². The second-order valence-electron chi connectivity index (χ2n) is 9.38. The summed E-state index contributed by atoms with van der Waals surface area (Å²) in [6.07, 6.45) is 0.205. The van der Waals surface area contributed by atoms with Gasteiger partial charge in [0.25, 0.3) is 10.0 Å². The molecule has 1 N–H and O–H groups in total. The third-order valence-electron chi connectivity index (χ3n) is 6.55. The number of likely N-dealkylation sites (N-methyl/N-ethyl adjacent to an activating group) is 1. The van der Waals surface area contributed by atoms with E-state index in [2.05, 4.69) is 5.32 Å². The van der Waals surface area contributed by atoms with Gasteiger partial charge in [0.2, 0.25) is 11.8 Å². The molecule has 4 aromatic rings. The van der Waals surface area contributed by atoms with Crippen molar-refractivity contribution in [3.05, 3.63) is 132 Å². The van der Waals surface area contributed by atoms with Gasteiger partial charge in [0.05, 0.1) is 10.6 Å². The molecule has 0 aliphatic carbocycles. The Balaban J connectivity index is 1.78. The van der Waals surface area contributed by atoms with Gasteiger partial charge >= 0.3 is 0 Å². The molecule has 2 amide bonds. The first kappa shape index (κ1) is 29.5. The Morgan fingerprint density at radius 3 is 1.90 bits per heavy atom. The number of nitrogens with one attached hydrogen (secondary N) is 1. The quantitative estimate of drug-likeness (QED) is 0.264. The van der Waals surface area contributed by atoms with Gasteiger partial charge in [-0.25, -0.2) is 12.8 Å². The molecule has 0 radical (unpaired) electrons. The molecular formula is C32H32FN3O4S. The zero-order chi connectivity index (χ0) is 29.2. The first-order valence-corrected chi connectivity index (χ1v) is 14.7. The van der Waals surface area contributed by atoms with Gasteiger partial charge in [-0.3, -0.25) is 13.9 Å². The molecule has 41 heavy (non-hydrogen) atoms. The average Bonchev–Trinajstić information content (AvgIpc) is 2.99. The van der Waals surface area contributed by atoms with Gasteiger partial charge in [-0.1, -0.05) is 91.0 Å². The lowest BCUT2D eigenvalue weighted by atomic mass is 10.0. The van der Waals surface area contributed by atoms with Crippen LogP contribution in [0.1, 0.15) is 18.1 Å². The van der Waals surface area contributed by atoms with Crippen LogP contribution < -0.4 is 9.62 Å². The van der Waals surface area contributed by atoms with E-state index in [4.69, 9.17) is 0 Å². The Bertz CT molecular complexity index is 1550. The number of sulfonamides is 1. The molecule has 0 aromatic heterocycles. The summed E-state index contributed by atoms with van der Waals surface area (Å²) in [7, 11) is -4.35. The van der Waals surface area contributed by atoms with Crippen LogP contribution in [-0.4, -0.2) is 44.3 Å². The van der Waals surface area contributed by atoms with Crippen LogP contribution in [0, 0.1) is 5.82 Å². The Kier molecular flexibility index (Phi) is 9.86. The summed E-state index contributed by atoms with van der Waals surface area (Å²) >= 11 is 0. The molecule has 0 unspecified atom stereocenters. The molecule has 0 saturated heterocycles. The number of nitrogens with zero attached hydrogens (tertiary/aromatic N) is 2. The van der Waals surface area contributed by atoms with Crippen LogP contribution in [0.5, 0.6) is 0 Å². The molecule has 0 heterocycles. The number of rotatable bonds is 12. The van der Waals surface area contributed by atoms with Crippen molar-refractivity contribution in [3.8, 4) is 0 Å². The van der Waals surface area contributed by atoms with Crippen molar-refractivity contribution >= 4 is 27.5 Å². The number of benzene rings is 4. The summed E-state index contributed by atoms with van der Waals surface area (Å²) in [5.41, 5.74) is 1.33. The van der Waals surface area contributed by atoms with Crippen molar-refractivity contribution in [2.24, 2.45) is 0 Å². The minimum atomic E-state index is -4.35. The normalized spacial score (nSPS) is 11.9. The zero-order valence-electron chi connectivity index (χ0n) is 22.7. The predicted octanol–water partition coefficient (Wildman–Crippen LogP) is 4.80. The average molecular weight is 574 g/mol. The standard InChI is InChI=1S/C32H32FN3O4S/c1-2-34-32(38)30(22-25-14-6-3-7-15-25)35(23-26-16-8-4-9-17-26)31(37)24-36(29-21-13-12-20-28(29)33)41(39,40)27-18-10-5-11-19-27/h3-21,30H,2,22-24H2,1H3,(H,34,38)/t30-/m1/s1. The maximum Gasteiger partial charge on any atom is 0.264 e. The summed E-state index contributed by atoms with van der Waals surface area (Å²) < 4.78 is 43.5. The SMILES string of the molecule is CCNC(=O)[C@@H](Cc1ccccc1)N(Cc1ccccc1)C(=O)CN(c1ccccc1F)S(=O)(=O)c1ccccc1. The van der Waals surface area contributed by atoms with E-state index < -0.39 is 34.3 Å². The van der Waals surface area contributed by atoms with Gasteiger partial charge in [0.15, 0.2) is 0 Å². The lowest BCUT2D eigenvalue weighted by Gasteiger charge is -2.33. The second kappa shape index (κ2) is 13.7. The van der Waals surface area contributed by atoms with Crippen molar-refractivity contribution in [1.82, 2.24) is 10.2 Å². The molecule has 0 aliphatic rings. The van der Waals surface area contributed by atoms with Gasteiger partial charge in [-0.2, -0.15) is 0 Å². The maximum atomic E-state index is 15.1. The van der Waals surface area contributed by atoms with Crippen molar-refractivity contribution in [1.29, 1.82) is 0 Å². The molecule has 0 fully saturated rings. The first-order valence-electron chi connectivity index (χ1n) is 13.3. The van der Waals surface area contributed by atoms with Crippen molar-refractivity contribution < 1.29 is 22.4 Å². The van der Waals surface area contributed by atoms with E-state index in [1.165, 1.54) is 35.2 Å². The summed E-state index contributed by atoms with van der Waals surface area (Å²) in [5.74, 6) is -1.81. The number of hydrogen-bond acceptors (Lipinski definition) is 4. The lowest BCUT2D eigenvalue weighted by Crippen LogP contribution is -2.53. The molecule has 0 spiro atoms. The minimum absolute atomic E-state index is 0.0464. The van der Waals surface area contributed by atoms with Crippen LogP contribution in [-0.2, 0) is 32.6 Å². The zero-order valence-corrected chi connectivity index (χ0v) is 23.5. The van der Waals surface area contributed by atoms with Crippen molar-refractivity contribution in [3.63, 3.8) is 0 Å². The molecule has 0 saturated carbocycles. The minimum Gasteiger partial charge on any atom is -0.355 e. The van der Waals surface area contributed by atoms with Crippen LogP contribution in [0.2, 0.25) is 0 Å². The van der Waals surface area contributed by atoms with E-state index >= 15 is 4.39 Å². The van der Waals surface area contributed by atoms with Gasteiger partial charge in [0, 0.05) is 19.5 Å². The molecule has 4 rings (SSSR count). The van der Waals surface area contributed by atoms with Crippen LogP contribution >= 0.6 is 0 Å². The second-order valence-corrected chi connectivity index (χ2v) is 11.2. The van der Waals surface area contributed by atoms with E-state index in [1.807, 2.05) is 60.7 Å². The number of para-hydroxylation sites is 1. The highest BCUT2D eigenvalue weighted by Gasteiger charge is 2.35. The van der Waals surface area contributed by atoms with E-state index in [-0.39, 0.29) is 29.5 Å². The molecule has 212 valence electrons. The molecule has 0 aliphatic heterocycles. The van der Waals surface area contributed by atoms with Crippen LogP contribution in [0.3, 0.4) is 0 Å². The Morgan fingerprint density at radius 1 is 0.780 bits per heavy atom. The Labute approximate surface area is 240 Å². The van der Waals surface area contributed by atoms with E-state index in [1.54, 1.807) is 25.1 Å². The molecule has 1 atom stereocenters. The molecule has 9 heteroatoms. The maximum absolute atomic E-state index is 15.1. The Hall–Kier alpha value is -4.50. The summed E-state index contributed by atoms with van der Waals surface area (Å²) in [5, 5.41) is 2.81. The molecule has 0 bridgehead atoms. The fraction of sp³-hybridized carbons (Fsp3) is 0.188. The lowest BCUT2D eigenvalue weighted by molar-refractivity contribution is -0.140. The van der Waals surface area contributed by atoms with E-state index in [0.717, 1.165) is 21.5 Å². The Morgan fingerprint density at radius 2 is 1.32 bits per heavy atom. The van der Waals surface area contributed by atoms with Gasteiger partial charge < -0.3 is 10.2 Å². The van der Waals surface area contributed by atoms with Crippen molar-refractivity contribution in [2.75, 3.05) is 17.4 Å². The van der Waals surface area contributed by atoms with Gasteiger partial charge in [-0.15, -0.1) is 0 Å². The summed E-state index contributed by atoms with van der Waals surface area (Å²) in [6, 6.07) is 30.4. The summed E-state index contributed by atoms with van der Waals surface area (Å²) in [6.45, 7) is 1.47. The number of carbonyl (C=O) groups excluding carboxylic acids is 2. The van der Waals surface area contributed by atoms with E-state index in [0.29, 0.717) is 6.54 Å². The number of amides is 2. The first-order chi connectivity index (χ1) is 19.8. The smallest absolute Gasteiger partial charge is 0.264 e. The highest BCUT2D eigenvalue weighted by molar-refractivity contribution is 7.92. The number of anilines is 1. The number of hydrogen-bond donors (Lipinski definition) is 1.